The van der Waals surface area contributed by atoms with Crippen LogP contribution >= 0.6 is 0 Å². The van der Waals surface area contributed by atoms with E-state index in [0.29, 0.717) is 5.39 Å². The van der Waals surface area contributed by atoms with Gasteiger partial charge in [-0.1, -0.05) is 24.3 Å². The Balaban J connectivity index is 0.00000144. The normalized spacial score (nSPS) is 10.6. The van der Waals surface area contributed by atoms with Gasteiger partial charge in [0.25, 0.3) is 10.1 Å². The Morgan fingerprint density at radius 3 is 2.24 bits per heavy atom. The van der Waals surface area contributed by atoms with Crippen LogP contribution in [0.1, 0.15) is 5.56 Å². The van der Waals surface area contributed by atoms with E-state index in [4.69, 9.17) is 9.81 Å². The van der Waals surface area contributed by atoms with Gasteiger partial charge >= 0.3 is 0 Å². The fourth-order valence-electron chi connectivity index (χ4n) is 1.61. The van der Waals surface area contributed by atoms with Gasteiger partial charge in [-0.3, -0.25) is 4.55 Å². The Morgan fingerprint density at radius 2 is 1.71 bits per heavy atom. The molecule has 0 heterocycles. The van der Waals surface area contributed by atoms with Crippen molar-refractivity contribution in [2.24, 2.45) is 0 Å². The van der Waals surface area contributed by atoms with Crippen LogP contribution < -0.4 is 0 Å². The molecule has 0 spiro atoms. The molecule has 0 saturated heterocycles. The summed E-state index contributed by atoms with van der Waals surface area (Å²) in [6.07, 6.45) is 0. The number of hydrogen-bond acceptors (Lipinski definition) is 3. The number of nitrogens with zero attached hydrogens (tertiary/aromatic N) is 1. The summed E-state index contributed by atoms with van der Waals surface area (Å²) in [5.41, 5.74) is 0.228. The molecule has 1 radical (unpaired) electrons. The molecular weight excluding hydrogens is 249 g/mol. The predicted molar refractivity (Wildman–Crippen MR) is 64.2 cm³/mol. The third kappa shape index (κ3) is 2.68. The SMILES string of the molecule is N#Cc1cccc2cccc(S(=O)(=O)O)c12.[Na]. The van der Waals surface area contributed by atoms with E-state index in [9.17, 15) is 8.42 Å². The van der Waals surface area contributed by atoms with Crippen LogP contribution in [0.15, 0.2) is 41.3 Å². The maximum Gasteiger partial charge on any atom is 0.295 e. The first-order valence-corrected chi connectivity index (χ1v) is 5.87. The minimum atomic E-state index is -4.31. The summed E-state index contributed by atoms with van der Waals surface area (Å²) in [5.74, 6) is 0. The zero-order valence-corrected chi connectivity index (χ0v) is 11.9. The standard InChI is InChI=1S/C11H7NO3S.Na/c12-7-9-5-1-3-8-4-2-6-10(11(8)9)16(13,14)15;/h1-6H,(H,13,14,15);. The van der Waals surface area contributed by atoms with Gasteiger partial charge in [0.2, 0.25) is 0 Å². The van der Waals surface area contributed by atoms with E-state index in [2.05, 4.69) is 0 Å². The smallest absolute Gasteiger partial charge is 0.282 e. The van der Waals surface area contributed by atoms with Crippen LogP contribution in [0.2, 0.25) is 0 Å². The molecule has 4 nitrogen and oxygen atoms in total. The monoisotopic (exact) mass is 256 g/mol. The van der Waals surface area contributed by atoms with E-state index in [1.54, 1.807) is 18.2 Å². The fourth-order valence-corrected chi connectivity index (χ4v) is 2.35. The maximum absolute atomic E-state index is 11.2. The number of hydrogen-bond donors (Lipinski definition) is 1. The van der Waals surface area contributed by atoms with Gasteiger partial charge < -0.3 is 0 Å². The van der Waals surface area contributed by atoms with Crippen LogP contribution in [-0.4, -0.2) is 42.5 Å². The van der Waals surface area contributed by atoms with Crippen LogP contribution in [0.4, 0.5) is 0 Å². The summed E-state index contributed by atoms with van der Waals surface area (Å²) >= 11 is 0. The Bertz CT molecular complexity index is 699. The molecule has 0 atom stereocenters. The molecule has 1 N–H and O–H groups in total. The summed E-state index contributed by atoms with van der Waals surface area (Å²) in [7, 11) is -4.31. The molecule has 0 aliphatic carbocycles. The number of nitriles is 1. The van der Waals surface area contributed by atoms with Crippen molar-refractivity contribution < 1.29 is 13.0 Å². The average Bonchev–Trinajstić information content (AvgIpc) is 2.26. The van der Waals surface area contributed by atoms with Crippen LogP contribution in [0.5, 0.6) is 0 Å². The van der Waals surface area contributed by atoms with Gasteiger partial charge in [-0.2, -0.15) is 13.7 Å². The molecule has 2 rings (SSSR count). The van der Waals surface area contributed by atoms with Gasteiger partial charge in [0.15, 0.2) is 0 Å². The van der Waals surface area contributed by atoms with Crippen molar-refractivity contribution in [2.75, 3.05) is 0 Å². The Morgan fingerprint density at radius 1 is 1.12 bits per heavy atom. The van der Waals surface area contributed by atoms with E-state index in [0.717, 1.165) is 0 Å². The number of rotatable bonds is 1. The van der Waals surface area contributed by atoms with Gasteiger partial charge in [-0.15, -0.1) is 0 Å². The zero-order chi connectivity index (χ0) is 11.8. The number of benzene rings is 2. The molecule has 17 heavy (non-hydrogen) atoms. The maximum atomic E-state index is 11.2. The van der Waals surface area contributed by atoms with E-state index >= 15 is 0 Å². The number of fused-ring (bicyclic) bond motifs is 1. The fraction of sp³-hybridized carbons (Fsp3) is 0. The van der Waals surface area contributed by atoms with E-state index in [-0.39, 0.29) is 45.4 Å². The summed E-state index contributed by atoms with van der Waals surface area (Å²) in [6.45, 7) is 0. The Hall–Kier alpha value is -0.900. The summed E-state index contributed by atoms with van der Waals surface area (Å²) in [4.78, 5) is -0.234. The quantitative estimate of drug-likeness (QED) is 0.620. The van der Waals surface area contributed by atoms with Gasteiger partial charge in [0.1, 0.15) is 4.90 Å². The molecule has 2 aromatic rings. The summed E-state index contributed by atoms with van der Waals surface area (Å²) in [6, 6.07) is 11.2. The van der Waals surface area contributed by atoms with E-state index in [1.807, 2.05) is 6.07 Å². The van der Waals surface area contributed by atoms with Crippen molar-refractivity contribution in [2.45, 2.75) is 4.90 Å². The molecule has 0 fully saturated rings. The molecule has 0 aromatic heterocycles. The summed E-state index contributed by atoms with van der Waals surface area (Å²) in [5, 5.41) is 9.76. The van der Waals surface area contributed by atoms with E-state index < -0.39 is 10.1 Å². The topological polar surface area (TPSA) is 78.2 Å². The largest absolute Gasteiger partial charge is 0.295 e. The van der Waals surface area contributed by atoms with Gasteiger partial charge in [-0.05, 0) is 17.5 Å². The van der Waals surface area contributed by atoms with Gasteiger partial charge in [0, 0.05) is 34.9 Å². The minimum Gasteiger partial charge on any atom is -0.282 e. The van der Waals surface area contributed by atoms with Gasteiger partial charge in [0.05, 0.1) is 11.6 Å². The molecule has 6 heteroatoms. The van der Waals surface area contributed by atoms with Crippen molar-refractivity contribution in [1.29, 1.82) is 5.26 Å². The van der Waals surface area contributed by atoms with E-state index in [1.165, 1.54) is 18.2 Å². The first-order valence-electron chi connectivity index (χ1n) is 4.43. The first kappa shape index (κ1) is 14.2. The molecule has 0 aliphatic rings. The van der Waals surface area contributed by atoms with Crippen LogP contribution in [0, 0.1) is 11.3 Å². The molecular formula is C11H7NNaO3S. The third-order valence-electron chi connectivity index (χ3n) is 2.26. The van der Waals surface area contributed by atoms with Crippen molar-refractivity contribution in [3.8, 4) is 6.07 Å². The minimum absolute atomic E-state index is 0. The Kier molecular flexibility index (Phi) is 4.31. The molecule has 0 aliphatic heterocycles. The van der Waals surface area contributed by atoms with Gasteiger partial charge in [-0.25, -0.2) is 0 Å². The zero-order valence-electron chi connectivity index (χ0n) is 9.08. The first-order chi connectivity index (χ1) is 7.54. The van der Waals surface area contributed by atoms with Crippen LogP contribution in [0.3, 0.4) is 0 Å². The predicted octanol–water partition coefficient (Wildman–Crippen LogP) is 1.58. The molecule has 0 unspecified atom stereocenters. The molecule has 81 valence electrons. The Labute approximate surface area is 121 Å². The molecule has 0 bridgehead atoms. The van der Waals surface area contributed by atoms with Crippen LogP contribution in [0.25, 0.3) is 10.8 Å². The van der Waals surface area contributed by atoms with Crippen molar-refractivity contribution >= 4 is 50.4 Å². The average molecular weight is 256 g/mol. The van der Waals surface area contributed by atoms with Crippen molar-refractivity contribution in [3.63, 3.8) is 0 Å². The van der Waals surface area contributed by atoms with Crippen molar-refractivity contribution in [1.82, 2.24) is 0 Å². The second-order valence-corrected chi connectivity index (χ2v) is 4.64. The molecule has 2 aromatic carbocycles. The second kappa shape index (κ2) is 5.17. The third-order valence-corrected chi connectivity index (χ3v) is 3.16. The molecule has 0 saturated carbocycles. The second-order valence-electron chi connectivity index (χ2n) is 3.25. The van der Waals surface area contributed by atoms with Crippen molar-refractivity contribution in [3.05, 3.63) is 42.0 Å². The summed E-state index contributed by atoms with van der Waals surface area (Å²) < 4.78 is 31.4. The molecule has 0 amide bonds. The van der Waals surface area contributed by atoms with Crippen LogP contribution in [-0.2, 0) is 10.1 Å².